The van der Waals surface area contributed by atoms with Gasteiger partial charge < -0.3 is 5.11 Å². The van der Waals surface area contributed by atoms with E-state index in [1.165, 1.54) is 6.08 Å². The maximum Gasteiger partial charge on any atom is 0.0969 e. The first-order valence-corrected chi connectivity index (χ1v) is 3.87. The fourth-order valence-electron chi connectivity index (χ4n) is 0.915. The lowest BCUT2D eigenvalue weighted by atomic mass is 10.1. The molecular formula is C11H12O. The summed E-state index contributed by atoms with van der Waals surface area (Å²) in [7, 11) is 0. The Balaban J connectivity index is 2.81. The molecule has 0 aromatic heterocycles. The van der Waals surface area contributed by atoms with Crippen molar-refractivity contribution in [3.8, 4) is 0 Å². The first-order valence-electron chi connectivity index (χ1n) is 3.87. The Bertz CT molecular complexity index is 267. The van der Waals surface area contributed by atoms with Gasteiger partial charge in [-0.05, 0) is 5.57 Å². The molecule has 1 aliphatic rings. The van der Waals surface area contributed by atoms with E-state index in [9.17, 15) is 5.11 Å². The van der Waals surface area contributed by atoms with E-state index in [2.05, 4.69) is 6.58 Å². The third-order valence-corrected chi connectivity index (χ3v) is 1.59. The van der Waals surface area contributed by atoms with Crippen LogP contribution in [0.1, 0.15) is 0 Å². The van der Waals surface area contributed by atoms with Gasteiger partial charge in [-0.15, -0.1) is 6.58 Å². The monoisotopic (exact) mass is 160 g/mol. The van der Waals surface area contributed by atoms with Gasteiger partial charge in [0.1, 0.15) is 0 Å². The second kappa shape index (κ2) is 4.52. The number of allylic oxidation sites excluding steroid dienone is 6. The van der Waals surface area contributed by atoms with Crippen LogP contribution in [0.2, 0.25) is 0 Å². The fraction of sp³-hybridized carbons (Fsp3) is 0.0909. The average Bonchev–Trinajstić information content (AvgIpc) is 2.02. The zero-order chi connectivity index (χ0) is 8.81. The highest BCUT2D eigenvalue weighted by atomic mass is 16.3. The molecule has 0 aromatic carbocycles. The van der Waals surface area contributed by atoms with Crippen LogP contribution in [0, 0.1) is 0 Å². The van der Waals surface area contributed by atoms with Crippen molar-refractivity contribution in [2.24, 2.45) is 0 Å². The van der Waals surface area contributed by atoms with Gasteiger partial charge in [0, 0.05) is 0 Å². The maximum absolute atomic E-state index is 9.40. The molecule has 1 nitrogen and oxygen atoms in total. The molecule has 0 aromatic rings. The van der Waals surface area contributed by atoms with Gasteiger partial charge in [-0.1, -0.05) is 48.6 Å². The molecule has 0 amide bonds. The van der Waals surface area contributed by atoms with E-state index in [-0.39, 0.29) is 0 Å². The molecule has 0 bridgehead atoms. The Kier molecular flexibility index (Phi) is 3.30. The molecule has 0 radical (unpaired) electrons. The van der Waals surface area contributed by atoms with Crippen molar-refractivity contribution in [2.75, 3.05) is 0 Å². The van der Waals surface area contributed by atoms with E-state index in [4.69, 9.17) is 0 Å². The Labute approximate surface area is 72.7 Å². The summed E-state index contributed by atoms with van der Waals surface area (Å²) in [5.74, 6) is 0. The molecule has 1 unspecified atom stereocenters. The van der Waals surface area contributed by atoms with Gasteiger partial charge in [0.25, 0.3) is 0 Å². The van der Waals surface area contributed by atoms with Crippen molar-refractivity contribution in [1.82, 2.24) is 0 Å². The maximum atomic E-state index is 9.40. The third-order valence-electron chi connectivity index (χ3n) is 1.59. The number of aliphatic hydroxyl groups excluding tert-OH is 1. The SMILES string of the molecule is C=CC(O)C1=C/C=C\C=C/C=C\1. The van der Waals surface area contributed by atoms with E-state index in [1.807, 2.05) is 42.5 Å². The zero-order valence-electron chi connectivity index (χ0n) is 6.85. The standard InChI is InChI=1S/C11H12O/c1-2-11(12)10-8-6-4-3-5-7-9-10/h2-9,11-12H,1H2/b4-3-,5-3?,6-4?,7-5-,8-6-,9-7?,10-8?,10-9+. The summed E-state index contributed by atoms with van der Waals surface area (Å²) in [5.41, 5.74) is 0.852. The van der Waals surface area contributed by atoms with E-state index in [0.717, 1.165) is 5.57 Å². The molecule has 0 saturated carbocycles. The van der Waals surface area contributed by atoms with Crippen molar-refractivity contribution in [3.05, 3.63) is 60.8 Å². The van der Waals surface area contributed by atoms with Gasteiger partial charge in [-0.25, -0.2) is 0 Å². The molecule has 0 aliphatic heterocycles. The van der Waals surface area contributed by atoms with E-state index < -0.39 is 6.10 Å². The lowest BCUT2D eigenvalue weighted by Crippen LogP contribution is -2.03. The van der Waals surface area contributed by atoms with E-state index >= 15 is 0 Å². The van der Waals surface area contributed by atoms with Gasteiger partial charge in [0.15, 0.2) is 0 Å². The summed E-state index contributed by atoms with van der Waals surface area (Å²) < 4.78 is 0. The minimum absolute atomic E-state index is 0.572. The summed E-state index contributed by atoms with van der Waals surface area (Å²) >= 11 is 0. The van der Waals surface area contributed by atoms with Crippen molar-refractivity contribution >= 4 is 0 Å². The topological polar surface area (TPSA) is 20.2 Å². The molecule has 0 fully saturated rings. The zero-order valence-corrected chi connectivity index (χ0v) is 6.85. The predicted molar refractivity (Wildman–Crippen MR) is 51.7 cm³/mol. The average molecular weight is 160 g/mol. The van der Waals surface area contributed by atoms with Gasteiger partial charge in [0.05, 0.1) is 6.10 Å². The number of aliphatic hydroxyl groups is 1. The summed E-state index contributed by atoms with van der Waals surface area (Å²) in [6.45, 7) is 3.52. The van der Waals surface area contributed by atoms with Crippen LogP contribution in [0.15, 0.2) is 60.8 Å². The van der Waals surface area contributed by atoms with Crippen LogP contribution < -0.4 is 0 Å². The quantitative estimate of drug-likeness (QED) is 0.613. The van der Waals surface area contributed by atoms with Crippen LogP contribution >= 0.6 is 0 Å². The van der Waals surface area contributed by atoms with Crippen LogP contribution in [-0.2, 0) is 0 Å². The van der Waals surface area contributed by atoms with Crippen LogP contribution in [0.4, 0.5) is 0 Å². The molecule has 62 valence electrons. The highest BCUT2D eigenvalue weighted by Crippen LogP contribution is 2.07. The normalized spacial score (nSPS) is 30.2. The summed E-state index contributed by atoms with van der Waals surface area (Å²) in [4.78, 5) is 0. The molecule has 0 heterocycles. The first kappa shape index (κ1) is 8.75. The number of hydrogen-bond acceptors (Lipinski definition) is 1. The Morgan fingerprint density at radius 3 is 2.58 bits per heavy atom. The minimum Gasteiger partial charge on any atom is -0.384 e. The smallest absolute Gasteiger partial charge is 0.0969 e. The largest absolute Gasteiger partial charge is 0.384 e. The van der Waals surface area contributed by atoms with Gasteiger partial charge >= 0.3 is 0 Å². The molecule has 1 heteroatoms. The molecule has 0 saturated heterocycles. The minimum atomic E-state index is -0.572. The van der Waals surface area contributed by atoms with Crippen molar-refractivity contribution in [1.29, 1.82) is 0 Å². The second-order valence-electron chi connectivity index (χ2n) is 2.48. The van der Waals surface area contributed by atoms with Crippen molar-refractivity contribution in [3.63, 3.8) is 0 Å². The molecule has 1 aliphatic carbocycles. The number of rotatable bonds is 2. The summed E-state index contributed by atoms with van der Waals surface area (Å²) in [5, 5.41) is 9.40. The van der Waals surface area contributed by atoms with Gasteiger partial charge in [-0.3, -0.25) is 0 Å². The predicted octanol–water partition coefficient (Wildman–Crippen LogP) is 2.14. The highest BCUT2D eigenvalue weighted by Gasteiger charge is 2.00. The third kappa shape index (κ3) is 2.36. The molecule has 1 N–H and O–H groups in total. The number of hydrogen-bond donors (Lipinski definition) is 1. The van der Waals surface area contributed by atoms with Crippen molar-refractivity contribution in [2.45, 2.75) is 6.10 Å². The summed E-state index contributed by atoms with van der Waals surface area (Å²) in [6, 6.07) is 0. The Morgan fingerprint density at radius 1 is 1.17 bits per heavy atom. The lowest BCUT2D eigenvalue weighted by Gasteiger charge is -2.05. The molecule has 1 atom stereocenters. The van der Waals surface area contributed by atoms with Gasteiger partial charge in [0.2, 0.25) is 0 Å². The van der Waals surface area contributed by atoms with Crippen LogP contribution in [0.5, 0.6) is 0 Å². The van der Waals surface area contributed by atoms with Crippen LogP contribution in [0.3, 0.4) is 0 Å². The molecule has 1 rings (SSSR count). The molecule has 12 heavy (non-hydrogen) atoms. The lowest BCUT2D eigenvalue weighted by molar-refractivity contribution is 0.263. The first-order chi connectivity index (χ1) is 5.84. The second-order valence-corrected chi connectivity index (χ2v) is 2.48. The highest BCUT2D eigenvalue weighted by molar-refractivity contribution is 5.34. The van der Waals surface area contributed by atoms with Crippen LogP contribution in [-0.4, -0.2) is 11.2 Å². The molecular weight excluding hydrogens is 148 g/mol. The Morgan fingerprint density at radius 2 is 1.83 bits per heavy atom. The van der Waals surface area contributed by atoms with Crippen molar-refractivity contribution < 1.29 is 5.11 Å². The van der Waals surface area contributed by atoms with Crippen LogP contribution in [0.25, 0.3) is 0 Å². The Hall–Kier alpha value is -1.34. The van der Waals surface area contributed by atoms with E-state index in [1.54, 1.807) is 0 Å². The van der Waals surface area contributed by atoms with Gasteiger partial charge in [-0.2, -0.15) is 0 Å². The van der Waals surface area contributed by atoms with E-state index in [0.29, 0.717) is 0 Å². The molecule has 0 spiro atoms. The summed E-state index contributed by atoms with van der Waals surface area (Å²) in [6.07, 6.45) is 14.2. The fourth-order valence-corrected chi connectivity index (χ4v) is 0.915.